The number of hydrogen-bond donors (Lipinski definition) is 1. The van der Waals surface area contributed by atoms with Gasteiger partial charge in [-0.25, -0.2) is 0 Å². The van der Waals surface area contributed by atoms with Crippen molar-refractivity contribution in [2.45, 2.75) is 39.0 Å². The lowest BCUT2D eigenvalue weighted by molar-refractivity contribution is -0.147. The van der Waals surface area contributed by atoms with E-state index in [1.54, 1.807) is 7.11 Å². The summed E-state index contributed by atoms with van der Waals surface area (Å²) in [7, 11) is 1.59. The number of para-hydroxylation sites is 1. The quantitative estimate of drug-likeness (QED) is 0.669. The predicted molar refractivity (Wildman–Crippen MR) is 106 cm³/mol. The van der Waals surface area contributed by atoms with Crippen molar-refractivity contribution in [2.75, 3.05) is 19.0 Å². The van der Waals surface area contributed by atoms with E-state index < -0.39 is 5.97 Å². The molecule has 0 saturated heterocycles. The second-order valence-corrected chi connectivity index (χ2v) is 6.45. The number of hydrogen-bond acceptors (Lipinski definition) is 4. The van der Waals surface area contributed by atoms with Gasteiger partial charge in [0.25, 0.3) is 5.91 Å². The van der Waals surface area contributed by atoms with Gasteiger partial charge in [0.05, 0.1) is 7.11 Å². The van der Waals surface area contributed by atoms with E-state index >= 15 is 0 Å². The highest BCUT2D eigenvalue weighted by Gasteiger charge is 2.10. The average Bonchev–Trinajstić information content (AvgIpc) is 2.70. The monoisotopic (exact) mass is 369 g/mol. The number of nitrogens with one attached hydrogen (secondary N) is 1. The first-order valence-corrected chi connectivity index (χ1v) is 9.20. The van der Waals surface area contributed by atoms with Crippen LogP contribution in [0.2, 0.25) is 0 Å². The highest BCUT2D eigenvalue weighted by Crippen LogP contribution is 2.21. The van der Waals surface area contributed by atoms with Crippen molar-refractivity contribution in [2.24, 2.45) is 0 Å². The van der Waals surface area contributed by atoms with Crippen LogP contribution in [-0.4, -0.2) is 25.6 Å². The van der Waals surface area contributed by atoms with Crippen LogP contribution in [-0.2, 0) is 20.7 Å². The topological polar surface area (TPSA) is 64.6 Å². The molecular formula is C22H27NO4. The Labute approximate surface area is 160 Å². The molecule has 0 heterocycles. The maximum atomic E-state index is 12.0. The van der Waals surface area contributed by atoms with Crippen LogP contribution < -0.4 is 10.1 Å². The van der Waals surface area contributed by atoms with E-state index in [-0.39, 0.29) is 18.9 Å². The van der Waals surface area contributed by atoms with Gasteiger partial charge in [0.2, 0.25) is 0 Å². The first-order chi connectivity index (χ1) is 13.0. The Kier molecular flexibility index (Phi) is 7.86. The van der Waals surface area contributed by atoms with Gasteiger partial charge in [-0.15, -0.1) is 0 Å². The van der Waals surface area contributed by atoms with E-state index in [4.69, 9.17) is 9.47 Å². The molecule has 1 unspecified atom stereocenters. The number of carbonyl (C=O) groups is 2. The van der Waals surface area contributed by atoms with Crippen LogP contribution >= 0.6 is 0 Å². The molecule has 0 aliphatic carbocycles. The largest absolute Gasteiger partial charge is 0.496 e. The molecule has 144 valence electrons. The first kappa shape index (κ1) is 20.5. The summed E-state index contributed by atoms with van der Waals surface area (Å²) < 4.78 is 10.3. The van der Waals surface area contributed by atoms with Gasteiger partial charge in [0, 0.05) is 12.1 Å². The third-order valence-electron chi connectivity index (χ3n) is 4.53. The van der Waals surface area contributed by atoms with Crippen molar-refractivity contribution >= 4 is 17.6 Å². The zero-order valence-corrected chi connectivity index (χ0v) is 16.2. The van der Waals surface area contributed by atoms with E-state index in [0.29, 0.717) is 18.0 Å². The van der Waals surface area contributed by atoms with Crippen LogP contribution in [0.3, 0.4) is 0 Å². The highest BCUT2D eigenvalue weighted by atomic mass is 16.5. The van der Waals surface area contributed by atoms with E-state index in [9.17, 15) is 9.59 Å². The molecule has 2 aromatic carbocycles. The fourth-order valence-corrected chi connectivity index (χ4v) is 2.69. The molecule has 0 saturated carbocycles. The lowest BCUT2D eigenvalue weighted by atomic mass is 9.99. The normalized spacial score (nSPS) is 11.5. The Morgan fingerprint density at radius 3 is 2.44 bits per heavy atom. The van der Waals surface area contributed by atoms with Crippen LogP contribution in [0.15, 0.2) is 48.5 Å². The van der Waals surface area contributed by atoms with Gasteiger partial charge >= 0.3 is 5.97 Å². The number of esters is 1. The molecule has 0 aromatic heterocycles. The molecule has 1 amide bonds. The van der Waals surface area contributed by atoms with Gasteiger partial charge in [-0.3, -0.25) is 9.59 Å². The Morgan fingerprint density at radius 2 is 1.78 bits per heavy atom. The number of benzene rings is 2. The summed E-state index contributed by atoms with van der Waals surface area (Å²) in [6.45, 7) is 4.01. The lowest BCUT2D eigenvalue weighted by Crippen LogP contribution is -2.21. The summed E-state index contributed by atoms with van der Waals surface area (Å²) >= 11 is 0. The maximum Gasteiger partial charge on any atom is 0.306 e. The molecule has 2 rings (SSSR count). The molecule has 0 aliphatic rings. The Morgan fingerprint density at radius 1 is 1.07 bits per heavy atom. The van der Waals surface area contributed by atoms with Crippen LogP contribution in [0.4, 0.5) is 5.69 Å². The van der Waals surface area contributed by atoms with Crippen molar-refractivity contribution in [3.63, 3.8) is 0 Å². The molecule has 5 heteroatoms. The molecular weight excluding hydrogens is 342 g/mol. The highest BCUT2D eigenvalue weighted by molar-refractivity contribution is 5.92. The summed E-state index contributed by atoms with van der Waals surface area (Å²) in [4.78, 5) is 23.8. The molecule has 0 radical (unpaired) electrons. The zero-order valence-electron chi connectivity index (χ0n) is 16.2. The summed E-state index contributed by atoms with van der Waals surface area (Å²) in [6, 6.07) is 15.3. The standard InChI is InChI=1S/C22H27NO4/c1-4-16(2)17-9-12-19(13-10-17)23-21(24)15-27-22(25)14-11-18-7-5-6-8-20(18)26-3/h5-10,12-13,16H,4,11,14-15H2,1-3H3,(H,23,24). The molecule has 1 atom stereocenters. The number of methoxy groups -OCH3 is 1. The Bertz CT molecular complexity index is 755. The summed E-state index contributed by atoms with van der Waals surface area (Å²) in [5.74, 6) is 0.461. The van der Waals surface area contributed by atoms with Gasteiger partial charge < -0.3 is 14.8 Å². The average molecular weight is 369 g/mol. The molecule has 5 nitrogen and oxygen atoms in total. The van der Waals surface area contributed by atoms with Crippen LogP contribution in [0.25, 0.3) is 0 Å². The minimum atomic E-state index is -0.414. The summed E-state index contributed by atoms with van der Waals surface area (Å²) in [6.07, 6.45) is 1.76. The molecule has 0 spiro atoms. The Hall–Kier alpha value is -2.82. The van der Waals surface area contributed by atoms with Crippen LogP contribution in [0.5, 0.6) is 5.75 Å². The minimum absolute atomic E-state index is 0.192. The lowest BCUT2D eigenvalue weighted by Gasteiger charge is -2.11. The van der Waals surface area contributed by atoms with E-state index in [0.717, 1.165) is 17.7 Å². The fraction of sp³-hybridized carbons (Fsp3) is 0.364. The number of anilines is 1. The van der Waals surface area contributed by atoms with Crippen molar-refractivity contribution in [3.8, 4) is 5.75 Å². The summed E-state index contributed by atoms with van der Waals surface area (Å²) in [5.41, 5.74) is 2.86. The van der Waals surface area contributed by atoms with Crippen LogP contribution in [0.1, 0.15) is 43.7 Å². The van der Waals surface area contributed by atoms with Gasteiger partial charge in [-0.2, -0.15) is 0 Å². The Balaban J connectivity index is 1.75. The number of aryl methyl sites for hydroxylation is 1. The van der Waals surface area contributed by atoms with Crippen molar-refractivity contribution in [1.82, 2.24) is 0 Å². The summed E-state index contributed by atoms with van der Waals surface area (Å²) in [5, 5.41) is 2.74. The SMILES string of the molecule is CCC(C)c1ccc(NC(=O)COC(=O)CCc2ccccc2OC)cc1. The molecule has 27 heavy (non-hydrogen) atoms. The van der Waals surface area contributed by atoms with Crippen LogP contribution in [0, 0.1) is 0 Å². The van der Waals surface area contributed by atoms with Crippen molar-refractivity contribution in [1.29, 1.82) is 0 Å². The third-order valence-corrected chi connectivity index (χ3v) is 4.53. The number of ether oxygens (including phenoxy) is 2. The van der Waals surface area contributed by atoms with Crippen molar-refractivity contribution < 1.29 is 19.1 Å². The number of carbonyl (C=O) groups excluding carboxylic acids is 2. The van der Waals surface area contributed by atoms with Gasteiger partial charge in [-0.1, -0.05) is 44.2 Å². The van der Waals surface area contributed by atoms with Gasteiger partial charge in [0.1, 0.15) is 5.75 Å². The van der Waals surface area contributed by atoms with Crippen molar-refractivity contribution in [3.05, 3.63) is 59.7 Å². The van der Waals surface area contributed by atoms with E-state index in [1.165, 1.54) is 5.56 Å². The predicted octanol–water partition coefficient (Wildman–Crippen LogP) is 4.32. The minimum Gasteiger partial charge on any atom is -0.496 e. The maximum absolute atomic E-state index is 12.0. The number of amides is 1. The second-order valence-electron chi connectivity index (χ2n) is 6.45. The zero-order chi connectivity index (χ0) is 19.6. The smallest absolute Gasteiger partial charge is 0.306 e. The van der Waals surface area contributed by atoms with E-state index in [1.807, 2.05) is 48.5 Å². The van der Waals surface area contributed by atoms with Gasteiger partial charge in [0.15, 0.2) is 6.61 Å². The first-order valence-electron chi connectivity index (χ1n) is 9.20. The number of rotatable bonds is 9. The third kappa shape index (κ3) is 6.44. The molecule has 0 fully saturated rings. The molecule has 0 aliphatic heterocycles. The molecule has 2 aromatic rings. The molecule has 1 N–H and O–H groups in total. The second kappa shape index (κ2) is 10.4. The van der Waals surface area contributed by atoms with Gasteiger partial charge in [-0.05, 0) is 48.1 Å². The molecule has 0 bridgehead atoms. The fourth-order valence-electron chi connectivity index (χ4n) is 2.69. The van der Waals surface area contributed by atoms with E-state index in [2.05, 4.69) is 19.2 Å².